The molecule has 114 valence electrons. The second-order valence-corrected chi connectivity index (χ2v) is 5.42. The van der Waals surface area contributed by atoms with Crippen LogP contribution in [0.5, 0.6) is 0 Å². The lowest BCUT2D eigenvalue weighted by Crippen LogP contribution is -2.52. The highest BCUT2D eigenvalue weighted by atomic mass is 31.1. The fourth-order valence-corrected chi connectivity index (χ4v) is 1.67. The molecule has 0 saturated carbocycles. The number of carboxylic acids is 1. The van der Waals surface area contributed by atoms with Crippen molar-refractivity contribution >= 4 is 25.8 Å². The highest BCUT2D eigenvalue weighted by Crippen LogP contribution is 2.14. The standard InChI is InChI=1S/C10H18N3O6P/c1-5(8(14)13-6(2)10(16)17)12-9(15)7(11)3-4-20(18)19/h5-7H,3-4,11H2,1-2H3,(H3-,12,13,14,15,16,17,18,19)/p+1. The van der Waals surface area contributed by atoms with Gasteiger partial charge in [0.1, 0.15) is 12.1 Å². The van der Waals surface area contributed by atoms with E-state index in [1.54, 1.807) is 0 Å². The number of carbonyl (C=O) groups excluding carboxylic acids is 2. The molecule has 0 heterocycles. The molecule has 2 amide bonds. The quantitative estimate of drug-likeness (QED) is 0.342. The van der Waals surface area contributed by atoms with Crippen LogP contribution in [0.3, 0.4) is 0 Å². The maximum atomic E-state index is 11.6. The van der Waals surface area contributed by atoms with Gasteiger partial charge in [0, 0.05) is 6.42 Å². The van der Waals surface area contributed by atoms with Crippen LogP contribution < -0.4 is 16.4 Å². The highest BCUT2D eigenvalue weighted by Gasteiger charge is 2.24. The molecule has 0 fully saturated rings. The van der Waals surface area contributed by atoms with Crippen LogP contribution in [-0.4, -0.2) is 52.1 Å². The van der Waals surface area contributed by atoms with E-state index in [9.17, 15) is 18.9 Å². The van der Waals surface area contributed by atoms with Gasteiger partial charge in [-0.05, 0) is 18.4 Å². The lowest BCUT2D eigenvalue weighted by Gasteiger charge is -2.17. The zero-order valence-corrected chi connectivity index (χ0v) is 12.1. The van der Waals surface area contributed by atoms with E-state index >= 15 is 0 Å². The maximum Gasteiger partial charge on any atom is 0.505 e. The van der Waals surface area contributed by atoms with Crippen molar-refractivity contribution in [3.63, 3.8) is 0 Å². The van der Waals surface area contributed by atoms with E-state index in [1.165, 1.54) is 13.8 Å². The Morgan fingerprint density at radius 2 is 1.65 bits per heavy atom. The Balaban J connectivity index is 4.27. The lowest BCUT2D eigenvalue weighted by atomic mass is 10.2. The molecule has 0 saturated heterocycles. The molecule has 4 unspecified atom stereocenters. The Morgan fingerprint density at radius 1 is 1.15 bits per heavy atom. The molecule has 0 rings (SSSR count). The van der Waals surface area contributed by atoms with E-state index in [0.717, 1.165) is 0 Å². The predicted molar refractivity (Wildman–Crippen MR) is 70.1 cm³/mol. The van der Waals surface area contributed by atoms with E-state index < -0.39 is 43.9 Å². The number of rotatable bonds is 8. The molecule has 0 aromatic heterocycles. The summed E-state index contributed by atoms with van der Waals surface area (Å²) in [6.07, 6.45) is -0.0993. The molecule has 0 aromatic carbocycles. The average molecular weight is 308 g/mol. The summed E-state index contributed by atoms with van der Waals surface area (Å²) in [6, 6.07) is -3.04. The summed E-state index contributed by atoms with van der Waals surface area (Å²) in [4.78, 5) is 42.3. The minimum atomic E-state index is -2.36. The minimum Gasteiger partial charge on any atom is -0.480 e. The minimum absolute atomic E-state index is 0.0113. The monoisotopic (exact) mass is 308 g/mol. The SMILES string of the molecule is CC(NC(=O)C(C)NC(=O)C(N)CC[P+](=O)O)C(=O)O. The Labute approximate surface area is 116 Å². The smallest absolute Gasteiger partial charge is 0.480 e. The fourth-order valence-electron chi connectivity index (χ4n) is 1.17. The van der Waals surface area contributed by atoms with E-state index in [1.807, 2.05) is 0 Å². The summed E-state index contributed by atoms with van der Waals surface area (Å²) < 4.78 is 10.5. The first-order valence-corrected chi connectivity index (χ1v) is 7.27. The van der Waals surface area contributed by atoms with Gasteiger partial charge in [-0.15, -0.1) is 0 Å². The summed E-state index contributed by atoms with van der Waals surface area (Å²) in [5, 5.41) is 13.1. The Hall–Kier alpha value is -1.57. The van der Waals surface area contributed by atoms with Gasteiger partial charge in [-0.3, -0.25) is 14.4 Å². The van der Waals surface area contributed by atoms with Crippen LogP contribution in [0.4, 0.5) is 0 Å². The summed E-state index contributed by atoms with van der Waals surface area (Å²) in [6.45, 7) is 2.67. The topological polar surface area (TPSA) is 159 Å². The molecule has 0 bridgehead atoms. The van der Waals surface area contributed by atoms with Crippen molar-refractivity contribution in [1.82, 2.24) is 10.6 Å². The van der Waals surface area contributed by atoms with Gasteiger partial charge in [0.05, 0.1) is 6.04 Å². The van der Waals surface area contributed by atoms with Crippen molar-refractivity contribution in [1.29, 1.82) is 0 Å². The van der Waals surface area contributed by atoms with Crippen molar-refractivity contribution < 1.29 is 28.9 Å². The Morgan fingerprint density at radius 3 is 2.10 bits per heavy atom. The van der Waals surface area contributed by atoms with Crippen LogP contribution in [-0.2, 0) is 18.9 Å². The molecule has 0 aliphatic carbocycles. The maximum absolute atomic E-state index is 11.6. The van der Waals surface area contributed by atoms with Crippen molar-refractivity contribution in [3.8, 4) is 0 Å². The predicted octanol–water partition coefficient (Wildman–Crippen LogP) is -1.47. The summed E-state index contributed by atoms with van der Waals surface area (Å²) in [5.41, 5.74) is 5.49. The average Bonchev–Trinajstić information content (AvgIpc) is 2.35. The molecule has 20 heavy (non-hydrogen) atoms. The van der Waals surface area contributed by atoms with Gasteiger partial charge >= 0.3 is 14.0 Å². The number of carboxylic acid groups (broad SMARTS) is 1. The fraction of sp³-hybridized carbons (Fsp3) is 0.700. The van der Waals surface area contributed by atoms with Crippen molar-refractivity contribution in [3.05, 3.63) is 0 Å². The Kier molecular flexibility index (Phi) is 7.90. The third-order valence-corrected chi connectivity index (χ3v) is 3.09. The number of carbonyl (C=O) groups is 3. The van der Waals surface area contributed by atoms with E-state index in [2.05, 4.69) is 10.6 Å². The largest absolute Gasteiger partial charge is 0.505 e. The van der Waals surface area contributed by atoms with E-state index in [4.69, 9.17) is 15.7 Å². The summed E-state index contributed by atoms with van der Waals surface area (Å²) in [5.74, 6) is -2.50. The van der Waals surface area contributed by atoms with Crippen molar-refractivity contribution in [2.24, 2.45) is 5.73 Å². The molecular formula is C10H19N3O6P+. The number of aliphatic carboxylic acids is 1. The first kappa shape index (κ1) is 18.4. The molecule has 4 atom stereocenters. The van der Waals surface area contributed by atoms with Gasteiger partial charge in [-0.1, -0.05) is 0 Å². The Bertz CT molecular complexity index is 402. The van der Waals surface area contributed by atoms with Crippen LogP contribution in [0, 0.1) is 0 Å². The zero-order valence-electron chi connectivity index (χ0n) is 11.2. The van der Waals surface area contributed by atoms with Gasteiger partial charge in [0.2, 0.25) is 11.8 Å². The van der Waals surface area contributed by atoms with Crippen LogP contribution >= 0.6 is 8.03 Å². The van der Waals surface area contributed by atoms with Crippen LogP contribution in [0.25, 0.3) is 0 Å². The van der Waals surface area contributed by atoms with E-state index in [-0.39, 0.29) is 12.6 Å². The third-order valence-electron chi connectivity index (χ3n) is 2.45. The molecule has 0 aliphatic rings. The molecule has 0 spiro atoms. The van der Waals surface area contributed by atoms with Gasteiger partial charge < -0.3 is 21.5 Å². The number of nitrogens with two attached hydrogens (primary N) is 1. The van der Waals surface area contributed by atoms with Crippen LogP contribution in [0.15, 0.2) is 0 Å². The molecule has 10 heteroatoms. The normalized spacial score (nSPS) is 15.7. The van der Waals surface area contributed by atoms with Crippen molar-refractivity contribution in [2.75, 3.05) is 6.16 Å². The third kappa shape index (κ3) is 7.13. The second kappa shape index (κ2) is 8.57. The van der Waals surface area contributed by atoms with E-state index in [0.29, 0.717) is 0 Å². The molecule has 6 N–H and O–H groups in total. The van der Waals surface area contributed by atoms with Crippen LogP contribution in [0.1, 0.15) is 20.3 Å². The zero-order chi connectivity index (χ0) is 15.9. The molecule has 0 aromatic rings. The second-order valence-electron chi connectivity index (χ2n) is 4.27. The highest BCUT2D eigenvalue weighted by molar-refractivity contribution is 7.37. The molecule has 0 radical (unpaired) electrons. The molecule has 0 aliphatic heterocycles. The van der Waals surface area contributed by atoms with Gasteiger partial charge in [-0.25, -0.2) is 0 Å². The van der Waals surface area contributed by atoms with Crippen molar-refractivity contribution in [2.45, 2.75) is 38.4 Å². The van der Waals surface area contributed by atoms with Gasteiger partial charge in [0.15, 0.2) is 6.16 Å². The van der Waals surface area contributed by atoms with Gasteiger partial charge in [-0.2, -0.15) is 4.89 Å². The number of nitrogens with one attached hydrogen (secondary N) is 2. The first-order valence-electron chi connectivity index (χ1n) is 5.87. The number of hydrogen-bond donors (Lipinski definition) is 5. The van der Waals surface area contributed by atoms with Gasteiger partial charge in [0.25, 0.3) is 0 Å². The molecular weight excluding hydrogens is 289 g/mol. The first-order chi connectivity index (χ1) is 9.15. The summed E-state index contributed by atoms with van der Waals surface area (Å²) >= 11 is 0. The number of hydrogen-bond acceptors (Lipinski definition) is 5. The molecule has 9 nitrogen and oxygen atoms in total. The van der Waals surface area contributed by atoms with Crippen LogP contribution in [0.2, 0.25) is 0 Å². The summed E-state index contributed by atoms with van der Waals surface area (Å²) in [7, 11) is -2.36. The number of amides is 2. The lowest BCUT2D eigenvalue weighted by molar-refractivity contribution is -0.141.